The number of carbonyl (C=O) groups is 3. The van der Waals surface area contributed by atoms with Crippen LogP contribution in [-0.4, -0.2) is 36.2 Å². The second-order valence-electron chi connectivity index (χ2n) is 7.28. The normalized spacial score (nSPS) is 17.6. The number of amides is 2. The number of hydrazine groups is 1. The second kappa shape index (κ2) is 10.8. The van der Waals surface area contributed by atoms with E-state index in [-0.39, 0.29) is 19.0 Å². The monoisotopic (exact) mass is 416 g/mol. The van der Waals surface area contributed by atoms with Gasteiger partial charge in [0.25, 0.3) is 0 Å². The first kappa shape index (κ1) is 23.4. The lowest BCUT2D eigenvalue weighted by molar-refractivity contribution is -0.130. The van der Waals surface area contributed by atoms with Gasteiger partial charge in [0.05, 0.1) is 13.2 Å². The molecule has 164 valence electrons. The Morgan fingerprint density at radius 3 is 2.40 bits per heavy atom. The minimum Gasteiger partial charge on any atom is -0.449 e. The number of nitrogens with one attached hydrogen (secondary N) is 1. The van der Waals surface area contributed by atoms with E-state index in [9.17, 15) is 14.4 Å². The average Bonchev–Trinajstić information content (AvgIpc) is 2.72. The highest BCUT2D eigenvalue weighted by atomic mass is 16.6. The summed E-state index contributed by atoms with van der Waals surface area (Å²) in [6.45, 7) is 7.43. The highest BCUT2D eigenvalue weighted by molar-refractivity contribution is 6.10. The summed E-state index contributed by atoms with van der Waals surface area (Å²) in [6.07, 6.45) is 4.25. The molecule has 1 aliphatic carbocycles. The van der Waals surface area contributed by atoms with Crippen molar-refractivity contribution in [2.45, 2.75) is 65.3 Å². The molecule has 2 amide bonds. The van der Waals surface area contributed by atoms with Gasteiger partial charge in [0.2, 0.25) is 0 Å². The van der Waals surface area contributed by atoms with Gasteiger partial charge in [-0.15, -0.1) is 0 Å². The van der Waals surface area contributed by atoms with Gasteiger partial charge < -0.3 is 9.47 Å². The summed E-state index contributed by atoms with van der Waals surface area (Å²) in [6, 6.07) is 7.44. The molecule has 0 radical (unpaired) electrons. The Hall–Kier alpha value is -2.83. The van der Waals surface area contributed by atoms with Crippen LogP contribution in [0.1, 0.15) is 70.9 Å². The van der Waals surface area contributed by atoms with Gasteiger partial charge in [0.15, 0.2) is 11.3 Å². The third kappa shape index (κ3) is 4.83. The van der Waals surface area contributed by atoms with Crippen molar-refractivity contribution in [3.8, 4) is 0 Å². The van der Waals surface area contributed by atoms with E-state index < -0.39 is 17.7 Å². The van der Waals surface area contributed by atoms with Gasteiger partial charge in [-0.3, -0.25) is 4.79 Å². The Balaban J connectivity index is 2.62. The molecule has 0 saturated heterocycles. The van der Waals surface area contributed by atoms with E-state index in [1.807, 2.05) is 30.3 Å². The fourth-order valence-electron chi connectivity index (χ4n) is 3.88. The van der Waals surface area contributed by atoms with Crippen molar-refractivity contribution in [1.82, 2.24) is 10.4 Å². The van der Waals surface area contributed by atoms with Crippen molar-refractivity contribution in [3.63, 3.8) is 0 Å². The van der Waals surface area contributed by atoms with E-state index in [0.717, 1.165) is 29.8 Å². The Morgan fingerprint density at radius 2 is 1.73 bits per heavy atom. The van der Waals surface area contributed by atoms with Crippen LogP contribution in [0.4, 0.5) is 9.59 Å². The second-order valence-corrected chi connectivity index (χ2v) is 7.28. The number of rotatable bonds is 8. The fourth-order valence-corrected chi connectivity index (χ4v) is 3.88. The quantitative estimate of drug-likeness (QED) is 0.478. The summed E-state index contributed by atoms with van der Waals surface area (Å²) in [5.74, 6) is -0.234. The molecular weight excluding hydrogens is 384 g/mol. The standard InChI is InChI=1S/C23H32N2O5/c1-5-8-9-12-15-23(25(22(28)30-7-3)24-21(27)29-6-2)19-14-11-10-13-18(19)16-17(4)20(23)26/h10-11,13-14,16H,5-9,12,15H2,1-4H3,(H,24,27). The maximum Gasteiger partial charge on any atom is 0.430 e. The summed E-state index contributed by atoms with van der Waals surface area (Å²) < 4.78 is 10.2. The molecule has 1 aliphatic rings. The Morgan fingerprint density at radius 1 is 1.03 bits per heavy atom. The SMILES string of the molecule is CCCCCCC1(N(NC(=O)OCC)C(=O)OCC)C(=O)C(C)=Cc2ccccc21. The molecule has 1 atom stereocenters. The first-order valence-corrected chi connectivity index (χ1v) is 10.6. The van der Waals surface area contributed by atoms with E-state index in [2.05, 4.69) is 12.3 Å². The maximum absolute atomic E-state index is 13.7. The number of fused-ring (bicyclic) bond motifs is 1. The molecule has 30 heavy (non-hydrogen) atoms. The smallest absolute Gasteiger partial charge is 0.430 e. The fraction of sp³-hybridized carbons (Fsp3) is 0.522. The van der Waals surface area contributed by atoms with E-state index in [1.54, 1.807) is 20.8 Å². The van der Waals surface area contributed by atoms with Crippen molar-refractivity contribution in [2.75, 3.05) is 13.2 Å². The van der Waals surface area contributed by atoms with Crippen LogP contribution in [-0.2, 0) is 19.8 Å². The predicted octanol–water partition coefficient (Wildman–Crippen LogP) is 4.96. The van der Waals surface area contributed by atoms with Gasteiger partial charge in [0.1, 0.15) is 0 Å². The van der Waals surface area contributed by atoms with Crippen LogP contribution < -0.4 is 5.43 Å². The summed E-state index contributed by atoms with van der Waals surface area (Å²) >= 11 is 0. The van der Waals surface area contributed by atoms with Gasteiger partial charge in [-0.2, -0.15) is 5.01 Å². The maximum atomic E-state index is 13.7. The zero-order valence-corrected chi connectivity index (χ0v) is 18.3. The lowest BCUT2D eigenvalue weighted by Gasteiger charge is -2.44. The van der Waals surface area contributed by atoms with E-state index >= 15 is 0 Å². The highest BCUT2D eigenvalue weighted by Crippen LogP contribution is 2.42. The van der Waals surface area contributed by atoms with Crippen LogP contribution in [0.2, 0.25) is 0 Å². The minimum absolute atomic E-state index is 0.108. The van der Waals surface area contributed by atoms with E-state index in [0.29, 0.717) is 24.0 Å². The molecule has 0 heterocycles. The summed E-state index contributed by atoms with van der Waals surface area (Å²) in [5.41, 5.74) is 3.12. The van der Waals surface area contributed by atoms with Gasteiger partial charge >= 0.3 is 12.2 Å². The third-order valence-electron chi connectivity index (χ3n) is 5.21. The lowest BCUT2D eigenvalue weighted by Crippen LogP contribution is -2.63. The molecule has 2 rings (SSSR count). The molecule has 1 N–H and O–H groups in total. The molecule has 0 saturated carbocycles. The van der Waals surface area contributed by atoms with Crippen molar-refractivity contribution in [1.29, 1.82) is 0 Å². The number of Topliss-reactive ketones (excluding diaryl/α,β-unsaturated/α-hetero) is 1. The predicted molar refractivity (Wildman–Crippen MR) is 115 cm³/mol. The number of nitrogens with zero attached hydrogens (tertiary/aromatic N) is 1. The van der Waals surface area contributed by atoms with Gasteiger partial charge in [-0.25, -0.2) is 15.0 Å². The zero-order valence-electron chi connectivity index (χ0n) is 18.3. The van der Waals surface area contributed by atoms with Crippen molar-refractivity contribution >= 4 is 24.0 Å². The third-order valence-corrected chi connectivity index (χ3v) is 5.21. The topological polar surface area (TPSA) is 84.9 Å². The van der Waals surface area contributed by atoms with Crippen LogP contribution in [0, 0.1) is 0 Å². The first-order chi connectivity index (χ1) is 14.4. The molecular formula is C23H32N2O5. The number of ether oxygens (including phenoxy) is 2. The molecule has 0 fully saturated rings. The molecule has 1 aromatic carbocycles. The number of unbranched alkanes of at least 4 members (excludes halogenated alkanes) is 3. The first-order valence-electron chi connectivity index (χ1n) is 10.6. The number of hydrogen-bond donors (Lipinski definition) is 1. The number of ketones is 1. The molecule has 0 spiro atoms. The molecule has 1 aromatic rings. The largest absolute Gasteiger partial charge is 0.449 e. The number of benzene rings is 1. The highest BCUT2D eigenvalue weighted by Gasteiger charge is 2.52. The van der Waals surface area contributed by atoms with Crippen molar-refractivity contribution in [2.24, 2.45) is 0 Å². The summed E-state index contributed by atoms with van der Waals surface area (Å²) in [4.78, 5) is 39.0. The zero-order chi connectivity index (χ0) is 22.1. The van der Waals surface area contributed by atoms with E-state index in [4.69, 9.17) is 9.47 Å². The van der Waals surface area contributed by atoms with Gasteiger partial charge in [-0.1, -0.05) is 56.9 Å². The molecule has 0 bridgehead atoms. The Labute approximate surface area is 178 Å². The molecule has 1 unspecified atom stereocenters. The Kier molecular flexibility index (Phi) is 8.45. The Bertz CT molecular complexity index is 805. The van der Waals surface area contributed by atoms with Crippen LogP contribution >= 0.6 is 0 Å². The van der Waals surface area contributed by atoms with Crippen molar-refractivity contribution in [3.05, 3.63) is 41.0 Å². The molecule has 0 aliphatic heterocycles. The molecule has 7 nitrogen and oxygen atoms in total. The van der Waals surface area contributed by atoms with E-state index in [1.165, 1.54) is 0 Å². The summed E-state index contributed by atoms with van der Waals surface area (Å²) in [7, 11) is 0. The lowest BCUT2D eigenvalue weighted by atomic mass is 9.72. The average molecular weight is 417 g/mol. The van der Waals surface area contributed by atoms with Gasteiger partial charge in [0, 0.05) is 0 Å². The number of hydrogen-bond acceptors (Lipinski definition) is 5. The van der Waals surface area contributed by atoms with Crippen LogP contribution in [0.3, 0.4) is 0 Å². The van der Waals surface area contributed by atoms with Crippen LogP contribution in [0.25, 0.3) is 6.08 Å². The van der Waals surface area contributed by atoms with Crippen LogP contribution in [0.5, 0.6) is 0 Å². The molecule has 0 aromatic heterocycles. The summed E-state index contributed by atoms with van der Waals surface area (Å²) in [5, 5.41) is 1.04. The van der Waals surface area contributed by atoms with Crippen LogP contribution in [0.15, 0.2) is 29.8 Å². The van der Waals surface area contributed by atoms with Crippen molar-refractivity contribution < 1.29 is 23.9 Å². The molecule has 7 heteroatoms. The number of carbonyl (C=O) groups excluding carboxylic acids is 3. The van der Waals surface area contributed by atoms with Gasteiger partial charge in [-0.05, 0) is 50.0 Å². The minimum atomic E-state index is -1.40.